The van der Waals surface area contributed by atoms with Crippen molar-refractivity contribution in [2.75, 3.05) is 0 Å². The highest BCUT2D eigenvalue weighted by Gasteiger charge is 2.36. The van der Waals surface area contributed by atoms with E-state index in [9.17, 15) is 9.18 Å². The molecule has 5 rings (SSSR count). The van der Waals surface area contributed by atoms with Gasteiger partial charge in [-0.05, 0) is 42.0 Å². The molecule has 31 heavy (non-hydrogen) atoms. The van der Waals surface area contributed by atoms with Gasteiger partial charge in [-0.2, -0.15) is 4.99 Å². The molecule has 3 aromatic rings. The van der Waals surface area contributed by atoms with Gasteiger partial charge in [0.25, 0.3) is 5.91 Å². The molecule has 8 heteroatoms. The first-order chi connectivity index (χ1) is 15.0. The highest BCUT2D eigenvalue weighted by molar-refractivity contribution is 8.17. The van der Waals surface area contributed by atoms with Gasteiger partial charge in [0.15, 0.2) is 5.17 Å². The van der Waals surface area contributed by atoms with E-state index in [1.54, 1.807) is 23.1 Å². The van der Waals surface area contributed by atoms with Crippen LogP contribution in [0.4, 0.5) is 4.39 Å². The molecule has 2 aliphatic heterocycles. The number of aliphatic imine (C=N–C) groups is 1. The molecule has 0 atom stereocenters. The van der Waals surface area contributed by atoms with E-state index in [0.29, 0.717) is 22.3 Å². The summed E-state index contributed by atoms with van der Waals surface area (Å²) in [5.74, 6) is -0.152. The minimum Gasteiger partial charge on any atom is -0.457 e. The molecule has 0 radical (unpaired) electrons. The van der Waals surface area contributed by atoms with Crippen molar-refractivity contribution in [3.05, 3.63) is 93.8 Å². The van der Waals surface area contributed by atoms with Crippen LogP contribution in [-0.4, -0.2) is 21.8 Å². The fourth-order valence-corrected chi connectivity index (χ4v) is 4.36. The number of benzene rings is 2. The van der Waals surface area contributed by atoms with Gasteiger partial charge in [-0.25, -0.2) is 4.39 Å². The number of carbonyl (C=O) groups is 1. The summed E-state index contributed by atoms with van der Waals surface area (Å²) in [7, 11) is 0. The lowest BCUT2D eigenvalue weighted by Gasteiger charge is -2.26. The molecule has 2 aliphatic rings. The molecule has 1 N–H and O–H groups in total. The summed E-state index contributed by atoms with van der Waals surface area (Å²) in [6.45, 7) is 0. The number of amidine groups is 2. The summed E-state index contributed by atoms with van der Waals surface area (Å²) in [4.78, 5) is 18.4. The minimum atomic E-state index is -0.514. The molecule has 152 valence electrons. The van der Waals surface area contributed by atoms with Crippen LogP contribution in [0.2, 0.25) is 5.02 Å². The lowest BCUT2D eigenvalue weighted by molar-refractivity contribution is -0.114. The van der Waals surface area contributed by atoms with E-state index in [-0.39, 0.29) is 16.4 Å². The van der Waals surface area contributed by atoms with Crippen molar-refractivity contribution < 1.29 is 13.6 Å². The average Bonchev–Trinajstić information content (AvgIpc) is 3.41. The molecule has 0 unspecified atom stereocenters. The van der Waals surface area contributed by atoms with E-state index in [0.717, 1.165) is 11.3 Å². The van der Waals surface area contributed by atoms with Crippen LogP contribution in [0.1, 0.15) is 11.3 Å². The standard InChI is InChI=1S/C23H13ClFN3O2S/c24-17-10-14(6-8-18(17)25)20-9-7-15(30-20)11-16-21(26)28-19(13-4-2-1-3-5-13)12-31-23(28)27-22(16)29/h1-12,26H/b16-11-,26-21?. The summed E-state index contributed by atoms with van der Waals surface area (Å²) in [6, 6.07) is 17.3. The van der Waals surface area contributed by atoms with Crippen LogP contribution in [0.15, 0.2) is 81.1 Å². The Morgan fingerprint density at radius 2 is 1.90 bits per heavy atom. The van der Waals surface area contributed by atoms with Gasteiger partial charge >= 0.3 is 0 Å². The molecule has 0 saturated carbocycles. The number of nitrogens with zero attached hydrogens (tertiary/aromatic N) is 2. The Labute approximate surface area is 186 Å². The third kappa shape index (κ3) is 3.52. The van der Waals surface area contributed by atoms with Crippen molar-refractivity contribution in [2.24, 2.45) is 4.99 Å². The molecular formula is C23H13ClFN3O2S. The van der Waals surface area contributed by atoms with Crippen LogP contribution in [0.3, 0.4) is 0 Å². The number of amides is 1. The predicted octanol–water partition coefficient (Wildman–Crippen LogP) is 6.04. The summed E-state index contributed by atoms with van der Waals surface area (Å²) >= 11 is 7.16. The second-order valence-electron chi connectivity index (χ2n) is 6.76. The van der Waals surface area contributed by atoms with Crippen molar-refractivity contribution in [3.63, 3.8) is 0 Å². The number of hydrogen-bond donors (Lipinski definition) is 1. The summed E-state index contributed by atoms with van der Waals surface area (Å²) in [6.07, 6.45) is 1.49. The van der Waals surface area contributed by atoms with Crippen molar-refractivity contribution >= 4 is 52.0 Å². The van der Waals surface area contributed by atoms with E-state index in [2.05, 4.69) is 4.99 Å². The zero-order valence-electron chi connectivity index (χ0n) is 15.8. The molecular weight excluding hydrogens is 437 g/mol. The first-order valence-corrected chi connectivity index (χ1v) is 10.5. The van der Waals surface area contributed by atoms with Gasteiger partial charge in [0.2, 0.25) is 0 Å². The van der Waals surface area contributed by atoms with E-state index in [4.69, 9.17) is 21.4 Å². The average molecular weight is 450 g/mol. The molecule has 0 fully saturated rings. The third-order valence-corrected chi connectivity index (χ3v) is 5.92. The normalized spacial score (nSPS) is 17.1. The number of rotatable bonds is 3. The van der Waals surface area contributed by atoms with Gasteiger partial charge in [0.05, 0.1) is 16.3 Å². The maximum Gasteiger partial charge on any atom is 0.283 e. The number of thioether (sulfide) groups is 1. The smallest absolute Gasteiger partial charge is 0.283 e. The Morgan fingerprint density at radius 1 is 1.10 bits per heavy atom. The number of furan rings is 1. The lowest BCUT2D eigenvalue weighted by Crippen LogP contribution is -2.37. The maximum absolute atomic E-state index is 13.4. The number of hydrogen-bond acceptors (Lipinski definition) is 4. The molecule has 0 spiro atoms. The Hall–Kier alpha value is -3.42. The lowest BCUT2D eigenvalue weighted by atomic mass is 10.1. The first kappa shape index (κ1) is 19.5. The highest BCUT2D eigenvalue weighted by atomic mass is 35.5. The zero-order valence-corrected chi connectivity index (χ0v) is 17.4. The zero-order chi connectivity index (χ0) is 21.5. The molecule has 0 saturated heterocycles. The monoisotopic (exact) mass is 449 g/mol. The van der Waals surface area contributed by atoms with E-state index in [1.807, 2.05) is 35.7 Å². The molecule has 5 nitrogen and oxygen atoms in total. The second kappa shape index (κ2) is 7.68. The number of fused-ring (bicyclic) bond motifs is 1. The van der Waals surface area contributed by atoms with Crippen molar-refractivity contribution in [2.45, 2.75) is 0 Å². The molecule has 1 aromatic heterocycles. The van der Waals surface area contributed by atoms with Crippen LogP contribution in [0.5, 0.6) is 0 Å². The van der Waals surface area contributed by atoms with Crippen molar-refractivity contribution in [3.8, 4) is 11.3 Å². The number of nitrogens with one attached hydrogen (secondary N) is 1. The SMILES string of the molecule is N=C1/C(=C/c2ccc(-c3ccc(F)c(Cl)c3)o2)C(=O)N=C2SC=C(c3ccccc3)N12. The largest absolute Gasteiger partial charge is 0.457 e. The maximum atomic E-state index is 13.4. The summed E-state index contributed by atoms with van der Waals surface area (Å²) in [5.41, 5.74) is 2.43. The van der Waals surface area contributed by atoms with Crippen LogP contribution in [-0.2, 0) is 4.79 Å². The number of halogens is 2. The molecule has 0 bridgehead atoms. The highest BCUT2D eigenvalue weighted by Crippen LogP contribution is 2.37. The molecule has 0 aliphatic carbocycles. The Kier molecular flexibility index (Phi) is 4.84. The van der Waals surface area contributed by atoms with Crippen LogP contribution in [0, 0.1) is 11.2 Å². The van der Waals surface area contributed by atoms with Gasteiger partial charge in [-0.15, -0.1) is 0 Å². The Bertz CT molecular complexity index is 1330. The van der Waals surface area contributed by atoms with E-state index in [1.165, 1.54) is 30.0 Å². The molecule has 2 aromatic carbocycles. The fourth-order valence-electron chi connectivity index (χ4n) is 3.29. The molecule has 1 amide bonds. The first-order valence-electron chi connectivity index (χ1n) is 9.22. The van der Waals surface area contributed by atoms with Gasteiger partial charge < -0.3 is 4.42 Å². The summed E-state index contributed by atoms with van der Waals surface area (Å²) < 4.78 is 19.2. The topological polar surface area (TPSA) is 69.7 Å². The van der Waals surface area contributed by atoms with E-state index < -0.39 is 11.7 Å². The van der Waals surface area contributed by atoms with Crippen molar-refractivity contribution in [1.82, 2.24) is 4.90 Å². The second-order valence-corrected chi connectivity index (χ2v) is 8.00. The molecule has 3 heterocycles. The van der Waals surface area contributed by atoms with E-state index >= 15 is 0 Å². The van der Waals surface area contributed by atoms with Crippen LogP contribution in [0.25, 0.3) is 23.1 Å². The predicted molar refractivity (Wildman–Crippen MR) is 121 cm³/mol. The van der Waals surface area contributed by atoms with Crippen LogP contribution < -0.4 is 0 Å². The summed E-state index contributed by atoms with van der Waals surface area (Å²) in [5, 5.41) is 11.0. The quantitative estimate of drug-likeness (QED) is 0.494. The third-order valence-electron chi connectivity index (χ3n) is 4.80. The minimum absolute atomic E-state index is 0.00771. The fraction of sp³-hybridized carbons (Fsp3) is 0. The Morgan fingerprint density at radius 3 is 2.68 bits per heavy atom. The number of carbonyl (C=O) groups excluding carboxylic acids is 1. The van der Waals surface area contributed by atoms with Gasteiger partial charge in [-0.3, -0.25) is 15.1 Å². The Balaban J connectivity index is 1.48. The van der Waals surface area contributed by atoms with Gasteiger partial charge in [0.1, 0.15) is 23.2 Å². The van der Waals surface area contributed by atoms with Crippen LogP contribution >= 0.6 is 23.4 Å². The van der Waals surface area contributed by atoms with Crippen molar-refractivity contribution in [1.29, 1.82) is 5.41 Å². The van der Waals surface area contributed by atoms with Gasteiger partial charge in [-0.1, -0.05) is 53.7 Å². The van der Waals surface area contributed by atoms with Gasteiger partial charge in [0, 0.05) is 11.0 Å².